The summed E-state index contributed by atoms with van der Waals surface area (Å²) in [6.45, 7) is 2.92. The van der Waals surface area contributed by atoms with Crippen LogP contribution in [-0.4, -0.2) is 24.6 Å². The van der Waals surface area contributed by atoms with Gasteiger partial charge < -0.3 is 16.4 Å². The van der Waals surface area contributed by atoms with Crippen molar-refractivity contribution in [1.82, 2.24) is 4.98 Å². The zero-order valence-corrected chi connectivity index (χ0v) is 8.89. The third kappa shape index (κ3) is 2.39. The Morgan fingerprint density at radius 3 is 3.00 bits per heavy atom. The summed E-state index contributed by atoms with van der Waals surface area (Å²) < 4.78 is 0. The van der Waals surface area contributed by atoms with Gasteiger partial charge in [0.05, 0.1) is 11.9 Å². The van der Waals surface area contributed by atoms with Gasteiger partial charge in [-0.15, -0.1) is 0 Å². The van der Waals surface area contributed by atoms with E-state index in [-0.39, 0.29) is 0 Å². The van der Waals surface area contributed by atoms with E-state index >= 15 is 0 Å². The van der Waals surface area contributed by atoms with Gasteiger partial charge in [-0.2, -0.15) is 0 Å². The molecule has 1 aliphatic heterocycles. The topological polar surface area (TPSA) is 68.2 Å². The third-order valence-corrected chi connectivity index (χ3v) is 2.99. The first kappa shape index (κ1) is 10.2. The van der Waals surface area contributed by atoms with Gasteiger partial charge in [0.2, 0.25) is 0 Å². The highest BCUT2D eigenvalue weighted by Crippen LogP contribution is 2.22. The van der Waals surface area contributed by atoms with E-state index in [0.717, 1.165) is 25.3 Å². The van der Waals surface area contributed by atoms with Crippen LogP contribution in [0.3, 0.4) is 0 Å². The van der Waals surface area contributed by atoms with Gasteiger partial charge in [-0.05, 0) is 37.4 Å². The maximum atomic E-state index is 5.71. The minimum absolute atomic E-state index is 0.575. The molecule has 1 aromatic rings. The first-order valence-corrected chi connectivity index (χ1v) is 5.46. The van der Waals surface area contributed by atoms with Gasteiger partial charge in [-0.3, -0.25) is 0 Å². The Bertz CT molecular complexity index is 309. The normalized spacial score (nSPS) is 21.7. The van der Waals surface area contributed by atoms with Crippen molar-refractivity contribution in [3.8, 4) is 0 Å². The molecule has 1 aliphatic rings. The molecule has 0 bridgehead atoms. The molecule has 82 valence electrons. The number of rotatable bonds is 2. The Morgan fingerprint density at radius 1 is 1.47 bits per heavy atom. The molecule has 1 fully saturated rings. The molecule has 1 unspecified atom stereocenters. The highest BCUT2D eigenvalue weighted by Gasteiger charge is 2.18. The second-order valence-electron chi connectivity index (χ2n) is 4.13. The Balaban J connectivity index is 2.06. The molecule has 0 spiro atoms. The molecule has 0 aliphatic carbocycles. The molecule has 1 aromatic heterocycles. The van der Waals surface area contributed by atoms with Gasteiger partial charge in [0.15, 0.2) is 0 Å². The van der Waals surface area contributed by atoms with Crippen molar-refractivity contribution in [3.63, 3.8) is 0 Å². The number of piperidine rings is 1. The predicted octanol–water partition coefficient (Wildman–Crippen LogP) is 0.839. The smallest absolute Gasteiger partial charge is 0.123 e. The zero-order valence-electron chi connectivity index (χ0n) is 8.89. The average molecular weight is 206 g/mol. The first-order chi connectivity index (χ1) is 7.29. The summed E-state index contributed by atoms with van der Waals surface area (Å²) in [4.78, 5) is 6.45. The monoisotopic (exact) mass is 206 g/mol. The predicted molar refractivity (Wildman–Crippen MR) is 62.6 cm³/mol. The fourth-order valence-electron chi connectivity index (χ4n) is 2.08. The molecule has 2 rings (SSSR count). The summed E-state index contributed by atoms with van der Waals surface area (Å²) in [7, 11) is 0. The fraction of sp³-hybridized carbons (Fsp3) is 0.545. The quantitative estimate of drug-likeness (QED) is 0.752. The molecule has 4 nitrogen and oxygen atoms in total. The summed E-state index contributed by atoms with van der Waals surface area (Å²) in [5.41, 5.74) is 12.4. The molecule has 0 aromatic carbocycles. The van der Waals surface area contributed by atoms with Crippen molar-refractivity contribution >= 4 is 11.5 Å². The summed E-state index contributed by atoms with van der Waals surface area (Å²) in [6, 6.07) is 3.88. The summed E-state index contributed by atoms with van der Waals surface area (Å²) in [6.07, 6.45) is 4.30. The molecule has 1 saturated heterocycles. The standard InChI is InChI=1S/C11H18N4/c12-6-9-2-1-5-15(8-9)10-3-4-11(13)14-7-10/h3-4,7,9H,1-2,5-6,8,12H2,(H2,13,14). The van der Waals surface area contributed by atoms with Gasteiger partial charge in [-0.1, -0.05) is 0 Å². The number of nitrogens with zero attached hydrogens (tertiary/aromatic N) is 2. The molecule has 4 heteroatoms. The van der Waals surface area contributed by atoms with E-state index in [2.05, 4.69) is 9.88 Å². The lowest BCUT2D eigenvalue weighted by atomic mass is 9.98. The van der Waals surface area contributed by atoms with Crippen LogP contribution in [0.1, 0.15) is 12.8 Å². The van der Waals surface area contributed by atoms with Crippen molar-refractivity contribution in [3.05, 3.63) is 18.3 Å². The maximum absolute atomic E-state index is 5.71. The molecular weight excluding hydrogens is 188 g/mol. The van der Waals surface area contributed by atoms with Gasteiger partial charge in [0.1, 0.15) is 5.82 Å². The molecule has 1 atom stereocenters. The molecule has 0 amide bonds. The summed E-state index contributed by atoms with van der Waals surface area (Å²) in [5.74, 6) is 1.20. The van der Waals surface area contributed by atoms with Crippen LogP contribution in [0, 0.1) is 5.92 Å². The number of anilines is 2. The van der Waals surface area contributed by atoms with E-state index in [1.54, 1.807) is 0 Å². The summed E-state index contributed by atoms with van der Waals surface area (Å²) >= 11 is 0. The van der Waals surface area contributed by atoms with E-state index in [9.17, 15) is 0 Å². The van der Waals surface area contributed by atoms with E-state index in [0.29, 0.717) is 11.7 Å². The molecule has 0 radical (unpaired) electrons. The summed E-state index contributed by atoms with van der Waals surface area (Å²) in [5, 5.41) is 0. The van der Waals surface area contributed by atoms with Crippen LogP contribution in [-0.2, 0) is 0 Å². The Kier molecular flexibility index (Phi) is 3.06. The molecule has 0 saturated carbocycles. The Morgan fingerprint density at radius 2 is 2.33 bits per heavy atom. The van der Waals surface area contributed by atoms with Crippen LogP contribution in [0.2, 0.25) is 0 Å². The molecule has 2 heterocycles. The van der Waals surface area contributed by atoms with Gasteiger partial charge in [-0.25, -0.2) is 4.98 Å². The van der Waals surface area contributed by atoms with Gasteiger partial charge in [0.25, 0.3) is 0 Å². The van der Waals surface area contributed by atoms with Crippen molar-refractivity contribution in [1.29, 1.82) is 0 Å². The second-order valence-corrected chi connectivity index (χ2v) is 4.13. The minimum Gasteiger partial charge on any atom is -0.384 e. The van der Waals surface area contributed by atoms with Crippen molar-refractivity contribution in [2.45, 2.75) is 12.8 Å². The van der Waals surface area contributed by atoms with Crippen molar-refractivity contribution < 1.29 is 0 Å². The Labute approximate surface area is 90.3 Å². The number of nitrogen functional groups attached to an aromatic ring is 1. The van der Waals surface area contributed by atoms with E-state index in [4.69, 9.17) is 11.5 Å². The highest BCUT2D eigenvalue weighted by molar-refractivity contribution is 5.48. The Hall–Kier alpha value is -1.29. The van der Waals surface area contributed by atoms with E-state index in [1.807, 2.05) is 18.3 Å². The molecule has 4 N–H and O–H groups in total. The number of pyridine rings is 1. The van der Waals surface area contributed by atoms with Crippen molar-refractivity contribution in [2.24, 2.45) is 11.7 Å². The first-order valence-electron chi connectivity index (χ1n) is 5.46. The van der Waals surface area contributed by atoms with Crippen LogP contribution >= 0.6 is 0 Å². The van der Waals surface area contributed by atoms with E-state index < -0.39 is 0 Å². The largest absolute Gasteiger partial charge is 0.384 e. The van der Waals surface area contributed by atoms with Gasteiger partial charge >= 0.3 is 0 Å². The number of aromatic nitrogens is 1. The van der Waals surface area contributed by atoms with Crippen LogP contribution in [0.25, 0.3) is 0 Å². The lowest BCUT2D eigenvalue weighted by molar-refractivity contribution is 0.423. The number of hydrogen-bond acceptors (Lipinski definition) is 4. The average Bonchev–Trinajstić information content (AvgIpc) is 2.30. The molecule has 15 heavy (non-hydrogen) atoms. The number of hydrogen-bond donors (Lipinski definition) is 2. The lowest BCUT2D eigenvalue weighted by Gasteiger charge is -2.33. The van der Waals surface area contributed by atoms with Crippen molar-refractivity contribution in [2.75, 3.05) is 30.3 Å². The number of nitrogens with two attached hydrogens (primary N) is 2. The van der Waals surface area contributed by atoms with Crippen LogP contribution in [0.5, 0.6) is 0 Å². The van der Waals surface area contributed by atoms with E-state index in [1.165, 1.54) is 12.8 Å². The second kappa shape index (κ2) is 4.49. The minimum atomic E-state index is 0.575. The third-order valence-electron chi connectivity index (χ3n) is 2.99. The SMILES string of the molecule is NCC1CCCN(c2ccc(N)nc2)C1. The van der Waals surface area contributed by atoms with Crippen LogP contribution < -0.4 is 16.4 Å². The lowest BCUT2D eigenvalue weighted by Crippen LogP contribution is -2.38. The maximum Gasteiger partial charge on any atom is 0.123 e. The highest BCUT2D eigenvalue weighted by atomic mass is 15.1. The zero-order chi connectivity index (χ0) is 10.7. The van der Waals surface area contributed by atoms with Crippen LogP contribution in [0.15, 0.2) is 18.3 Å². The van der Waals surface area contributed by atoms with Gasteiger partial charge in [0, 0.05) is 13.1 Å². The fourth-order valence-corrected chi connectivity index (χ4v) is 2.08. The van der Waals surface area contributed by atoms with Crippen LogP contribution in [0.4, 0.5) is 11.5 Å². The molecular formula is C11H18N4.